The number of alkyl halides is 3. The Morgan fingerprint density at radius 2 is 1.88 bits per heavy atom. The summed E-state index contributed by atoms with van der Waals surface area (Å²) in [6, 6.07) is 5.19. The summed E-state index contributed by atoms with van der Waals surface area (Å²) in [7, 11) is 0. The average Bonchev–Trinajstić information content (AvgIpc) is 2.83. The molecule has 0 aliphatic carbocycles. The quantitative estimate of drug-likeness (QED) is 0.907. The summed E-state index contributed by atoms with van der Waals surface area (Å²) >= 11 is 0. The Bertz CT molecular complexity index is 565. The lowest BCUT2D eigenvalue weighted by Crippen LogP contribution is -2.40. The number of halogens is 3. The lowest BCUT2D eigenvalue weighted by Gasteiger charge is -2.22. The van der Waals surface area contributed by atoms with Gasteiger partial charge in [-0.3, -0.25) is 4.90 Å². The Morgan fingerprint density at radius 1 is 1.25 bits per heavy atom. The molecule has 1 heterocycles. The predicted octanol–water partition coefficient (Wildman–Crippen LogP) is 3.80. The summed E-state index contributed by atoms with van der Waals surface area (Å²) in [5, 5.41) is 2.83. The topological polar surface area (TPSA) is 41.6 Å². The van der Waals surface area contributed by atoms with Crippen LogP contribution in [0.1, 0.15) is 38.3 Å². The normalized spacial score (nSPS) is 19.3. The molecule has 0 saturated carbocycles. The molecule has 1 atom stereocenters. The number of amides is 1. The van der Waals surface area contributed by atoms with Gasteiger partial charge >= 0.3 is 12.3 Å². The van der Waals surface area contributed by atoms with Gasteiger partial charge < -0.3 is 10.1 Å². The SMILES string of the molecule is CC(C)(C)OC(=O)NC1CCN(Cc2ccc(C(F)(F)F)cc2)C1. The average molecular weight is 344 g/mol. The van der Waals surface area contributed by atoms with Crippen molar-refractivity contribution in [2.24, 2.45) is 0 Å². The monoisotopic (exact) mass is 344 g/mol. The first kappa shape index (κ1) is 18.6. The highest BCUT2D eigenvalue weighted by Gasteiger charge is 2.30. The molecule has 7 heteroatoms. The molecule has 2 rings (SSSR count). The number of hydrogen-bond acceptors (Lipinski definition) is 3. The van der Waals surface area contributed by atoms with E-state index in [1.165, 1.54) is 12.1 Å². The van der Waals surface area contributed by atoms with Crippen molar-refractivity contribution in [2.45, 2.75) is 51.6 Å². The molecule has 1 aromatic rings. The Kier molecular flexibility index (Phi) is 5.42. The van der Waals surface area contributed by atoms with E-state index in [2.05, 4.69) is 10.2 Å². The zero-order valence-corrected chi connectivity index (χ0v) is 14.1. The number of alkyl carbamates (subject to hydrolysis) is 1. The summed E-state index contributed by atoms with van der Waals surface area (Å²) in [6.07, 6.45) is -3.96. The van der Waals surface area contributed by atoms with E-state index >= 15 is 0 Å². The van der Waals surface area contributed by atoms with Crippen LogP contribution in [0.15, 0.2) is 24.3 Å². The minimum Gasteiger partial charge on any atom is -0.444 e. The van der Waals surface area contributed by atoms with Crippen LogP contribution in [-0.2, 0) is 17.5 Å². The molecule has 0 bridgehead atoms. The maximum absolute atomic E-state index is 12.6. The summed E-state index contributed by atoms with van der Waals surface area (Å²) in [6.45, 7) is 7.40. The summed E-state index contributed by atoms with van der Waals surface area (Å²) < 4.78 is 42.9. The van der Waals surface area contributed by atoms with Crippen molar-refractivity contribution in [2.75, 3.05) is 13.1 Å². The second-order valence-electron chi connectivity index (χ2n) is 7.06. The lowest BCUT2D eigenvalue weighted by atomic mass is 10.1. The van der Waals surface area contributed by atoms with Crippen molar-refractivity contribution >= 4 is 6.09 Å². The highest BCUT2D eigenvalue weighted by Crippen LogP contribution is 2.29. The number of rotatable bonds is 3. The van der Waals surface area contributed by atoms with Gasteiger partial charge in [0.15, 0.2) is 0 Å². The molecule has 1 N–H and O–H groups in total. The third kappa shape index (κ3) is 5.70. The minimum atomic E-state index is -4.31. The van der Waals surface area contributed by atoms with Crippen molar-refractivity contribution < 1.29 is 22.7 Å². The van der Waals surface area contributed by atoms with Crippen LogP contribution in [0, 0.1) is 0 Å². The Hall–Kier alpha value is -1.76. The maximum Gasteiger partial charge on any atom is 0.416 e. The Balaban J connectivity index is 1.82. The molecule has 1 aromatic carbocycles. The molecule has 1 unspecified atom stereocenters. The molecule has 4 nitrogen and oxygen atoms in total. The van der Waals surface area contributed by atoms with E-state index < -0.39 is 23.4 Å². The van der Waals surface area contributed by atoms with Crippen LogP contribution >= 0.6 is 0 Å². The number of nitrogens with zero attached hydrogens (tertiary/aromatic N) is 1. The molecule has 24 heavy (non-hydrogen) atoms. The standard InChI is InChI=1S/C17H23F3N2O2/c1-16(2,3)24-15(23)21-14-8-9-22(11-14)10-12-4-6-13(7-5-12)17(18,19)20/h4-7,14H,8-11H2,1-3H3,(H,21,23). The molecule has 0 radical (unpaired) electrons. The van der Waals surface area contributed by atoms with Gasteiger partial charge in [-0.25, -0.2) is 4.79 Å². The molecular formula is C17H23F3N2O2. The zero-order chi connectivity index (χ0) is 18.0. The van der Waals surface area contributed by atoms with E-state index in [1.807, 2.05) is 0 Å². The van der Waals surface area contributed by atoms with Crippen LogP contribution < -0.4 is 5.32 Å². The number of nitrogens with one attached hydrogen (secondary N) is 1. The fourth-order valence-corrected chi connectivity index (χ4v) is 2.63. The van der Waals surface area contributed by atoms with Crippen LogP contribution in [0.25, 0.3) is 0 Å². The molecular weight excluding hydrogens is 321 g/mol. The van der Waals surface area contributed by atoms with Crippen LogP contribution in [0.5, 0.6) is 0 Å². The number of carbonyl (C=O) groups excluding carboxylic acids is 1. The minimum absolute atomic E-state index is 0.00528. The molecule has 1 aliphatic heterocycles. The molecule has 1 amide bonds. The first-order valence-corrected chi connectivity index (χ1v) is 7.91. The predicted molar refractivity (Wildman–Crippen MR) is 84.5 cm³/mol. The number of carbonyl (C=O) groups is 1. The van der Waals surface area contributed by atoms with Crippen molar-refractivity contribution in [3.05, 3.63) is 35.4 Å². The fraction of sp³-hybridized carbons (Fsp3) is 0.588. The van der Waals surface area contributed by atoms with Crippen LogP contribution in [0.2, 0.25) is 0 Å². The number of benzene rings is 1. The van der Waals surface area contributed by atoms with E-state index in [0.717, 1.165) is 30.7 Å². The molecule has 1 fully saturated rings. The molecule has 0 spiro atoms. The van der Waals surface area contributed by atoms with E-state index in [0.29, 0.717) is 13.1 Å². The first-order chi connectivity index (χ1) is 11.0. The molecule has 0 aromatic heterocycles. The third-order valence-electron chi connectivity index (χ3n) is 3.68. The second kappa shape index (κ2) is 7.01. The fourth-order valence-electron chi connectivity index (χ4n) is 2.63. The molecule has 134 valence electrons. The van der Waals surface area contributed by atoms with Crippen LogP contribution in [0.4, 0.5) is 18.0 Å². The van der Waals surface area contributed by atoms with Gasteiger partial charge in [-0.2, -0.15) is 13.2 Å². The third-order valence-corrected chi connectivity index (χ3v) is 3.68. The van der Waals surface area contributed by atoms with E-state index in [9.17, 15) is 18.0 Å². The number of hydrogen-bond donors (Lipinski definition) is 1. The van der Waals surface area contributed by atoms with Crippen molar-refractivity contribution in [1.82, 2.24) is 10.2 Å². The summed E-state index contributed by atoms with van der Waals surface area (Å²) in [5.74, 6) is 0. The zero-order valence-electron chi connectivity index (χ0n) is 14.1. The molecule has 1 saturated heterocycles. The van der Waals surface area contributed by atoms with E-state index in [1.54, 1.807) is 20.8 Å². The van der Waals surface area contributed by atoms with Gasteiger partial charge in [0.25, 0.3) is 0 Å². The van der Waals surface area contributed by atoms with Crippen LogP contribution in [-0.4, -0.2) is 35.7 Å². The highest BCUT2D eigenvalue weighted by molar-refractivity contribution is 5.68. The van der Waals surface area contributed by atoms with Gasteiger partial charge in [-0.05, 0) is 44.9 Å². The Labute approximate surface area is 140 Å². The van der Waals surface area contributed by atoms with Crippen molar-refractivity contribution in [3.63, 3.8) is 0 Å². The lowest BCUT2D eigenvalue weighted by molar-refractivity contribution is -0.137. The van der Waals surface area contributed by atoms with Crippen molar-refractivity contribution in [1.29, 1.82) is 0 Å². The molecule has 1 aliphatic rings. The summed E-state index contributed by atoms with van der Waals surface area (Å²) in [5.41, 5.74) is -0.360. The van der Waals surface area contributed by atoms with E-state index in [-0.39, 0.29) is 6.04 Å². The van der Waals surface area contributed by atoms with Gasteiger partial charge in [0.05, 0.1) is 5.56 Å². The smallest absolute Gasteiger partial charge is 0.416 e. The summed E-state index contributed by atoms with van der Waals surface area (Å²) in [4.78, 5) is 13.9. The highest BCUT2D eigenvalue weighted by atomic mass is 19.4. The van der Waals surface area contributed by atoms with Gasteiger partial charge in [0.2, 0.25) is 0 Å². The number of ether oxygens (including phenoxy) is 1. The van der Waals surface area contributed by atoms with Gasteiger partial charge in [-0.1, -0.05) is 12.1 Å². The largest absolute Gasteiger partial charge is 0.444 e. The van der Waals surface area contributed by atoms with Crippen LogP contribution in [0.3, 0.4) is 0 Å². The first-order valence-electron chi connectivity index (χ1n) is 7.91. The van der Waals surface area contributed by atoms with Gasteiger partial charge in [0, 0.05) is 25.7 Å². The van der Waals surface area contributed by atoms with E-state index in [4.69, 9.17) is 4.74 Å². The second-order valence-corrected chi connectivity index (χ2v) is 7.06. The maximum atomic E-state index is 12.6. The van der Waals surface area contributed by atoms with Crippen molar-refractivity contribution in [3.8, 4) is 0 Å². The van der Waals surface area contributed by atoms with Gasteiger partial charge in [-0.15, -0.1) is 0 Å². The number of likely N-dealkylation sites (tertiary alicyclic amines) is 1. The van der Waals surface area contributed by atoms with Gasteiger partial charge in [0.1, 0.15) is 5.60 Å². The Morgan fingerprint density at radius 3 is 2.42 bits per heavy atom.